The van der Waals surface area contributed by atoms with Crippen LogP contribution in [0.25, 0.3) is 0 Å². The smallest absolute Gasteiger partial charge is 0.0685 e. The van der Waals surface area contributed by atoms with Gasteiger partial charge in [0.1, 0.15) is 0 Å². The summed E-state index contributed by atoms with van der Waals surface area (Å²) in [6.07, 6.45) is 7.87. The van der Waals surface area contributed by atoms with Crippen molar-refractivity contribution in [3.05, 3.63) is 0 Å². The molecule has 116 valence electrons. The summed E-state index contributed by atoms with van der Waals surface area (Å²) in [5, 5.41) is 3.67. The molecule has 3 fully saturated rings. The van der Waals surface area contributed by atoms with Gasteiger partial charge in [-0.05, 0) is 45.7 Å². The van der Waals surface area contributed by atoms with Gasteiger partial charge in [0.15, 0.2) is 0 Å². The molecule has 20 heavy (non-hydrogen) atoms. The third-order valence-corrected chi connectivity index (χ3v) is 6.79. The number of rotatable bonds is 3. The number of likely N-dealkylation sites (N-methyl/N-ethyl adjacent to an activating group) is 2. The number of nitrogens with zero attached hydrogens (tertiary/aromatic N) is 1. The summed E-state index contributed by atoms with van der Waals surface area (Å²) < 4.78 is 6.22. The van der Waals surface area contributed by atoms with Crippen LogP contribution in [0.5, 0.6) is 0 Å². The largest absolute Gasteiger partial charge is 0.375 e. The molecule has 0 amide bonds. The van der Waals surface area contributed by atoms with Gasteiger partial charge in [-0.3, -0.25) is 0 Å². The van der Waals surface area contributed by atoms with Crippen molar-refractivity contribution in [2.75, 3.05) is 38.8 Å². The Morgan fingerprint density at radius 3 is 2.85 bits per heavy atom. The van der Waals surface area contributed by atoms with Crippen molar-refractivity contribution < 1.29 is 4.74 Å². The molecule has 3 rings (SSSR count). The Kier molecular flexibility index (Phi) is 4.96. The van der Waals surface area contributed by atoms with Gasteiger partial charge in [-0.1, -0.05) is 12.8 Å². The molecule has 0 bridgehead atoms. The number of thioether (sulfide) groups is 1. The van der Waals surface area contributed by atoms with Crippen molar-refractivity contribution in [2.45, 2.75) is 56.2 Å². The van der Waals surface area contributed by atoms with E-state index in [0.29, 0.717) is 12.1 Å². The van der Waals surface area contributed by atoms with Gasteiger partial charge < -0.3 is 15.0 Å². The Morgan fingerprint density at radius 2 is 2.15 bits per heavy atom. The van der Waals surface area contributed by atoms with E-state index in [-0.39, 0.29) is 5.60 Å². The second-order valence-corrected chi connectivity index (χ2v) is 8.08. The third-order valence-electron chi connectivity index (χ3n) is 5.74. The molecule has 4 heteroatoms. The van der Waals surface area contributed by atoms with E-state index >= 15 is 0 Å². The fraction of sp³-hybridized carbons (Fsp3) is 1.00. The van der Waals surface area contributed by atoms with Gasteiger partial charge in [0.05, 0.1) is 5.60 Å². The molecule has 0 aromatic heterocycles. The van der Waals surface area contributed by atoms with Crippen molar-refractivity contribution in [2.24, 2.45) is 5.92 Å². The summed E-state index contributed by atoms with van der Waals surface area (Å²) in [7, 11) is 4.47. The van der Waals surface area contributed by atoms with Crippen molar-refractivity contribution in [3.63, 3.8) is 0 Å². The van der Waals surface area contributed by atoms with Crippen LogP contribution in [0.15, 0.2) is 0 Å². The monoisotopic (exact) mass is 298 g/mol. The molecule has 1 aliphatic carbocycles. The molecule has 3 nitrogen and oxygen atoms in total. The van der Waals surface area contributed by atoms with Gasteiger partial charge in [0.2, 0.25) is 0 Å². The molecule has 2 saturated heterocycles. The Balaban J connectivity index is 1.68. The van der Waals surface area contributed by atoms with E-state index in [2.05, 4.69) is 36.1 Å². The first-order valence-electron chi connectivity index (χ1n) is 8.33. The lowest BCUT2D eigenvalue weighted by Gasteiger charge is -2.46. The zero-order valence-electron chi connectivity index (χ0n) is 13.1. The first-order chi connectivity index (χ1) is 9.74. The normalized spacial score (nSPS) is 36.3. The number of hydrogen-bond acceptors (Lipinski definition) is 4. The molecular formula is C16H30N2OS. The van der Waals surface area contributed by atoms with Gasteiger partial charge in [-0.15, -0.1) is 0 Å². The minimum atomic E-state index is 0.248. The van der Waals surface area contributed by atoms with Crippen LogP contribution in [-0.4, -0.2) is 61.3 Å². The summed E-state index contributed by atoms with van der Waals surface area (Å²) in [6.45, 7) is 2.22. The molecule has 3 aliphatic rings. The Hall–Kier alpha value is 0.230. The minimum absolute atomic E-state index is 0.248. The van der Waals surface area contributed by atoms with Crippen LogP contribution >= 0.6 is 11.8 Å². The van der Waals surface area contributed by atoms with E-state index in [1.165, 1.54) is 56.6 Å². The zero-order valence-corrected chi connectivity index (χ0v) is 13.9. The third kappa shape index (κ3) is 3.03. The summed E-state index contributed by atoms with van der Waals surface area (Å²) in [4.78, 5) is 2.58. The molecule has 1 saturated carbocycles. The van der Waals surface area contributed by atoms with Crippen molar-refractivity contribution in [3.8, 4) is 0 Å². The zero-order chi connectivity index (χ0) is 14.0. The summed E-state index contributed by atoms with van der Waals surface area (Å²) in [5.74, 6) is 3.37. The predicted octanol–water partition coefficient (Wildman–Crippen LogP) is 2.36. The van der Waals surface area contributed by atoms with Crippen molar-refractivity contribution in [1.29, 1.82) is 0 Å². The molecule has 0 aromatic carbocycles. The maximum absolute atomic E-state index is 6.22. The Bertz CT molecular complexity index is 320. The van der Waals surface area contributed by atoms with Crippen LogP contribution < -0.4 is 5.32 Å². The number of ether oxygens (including phenoxy) is 1. The second-order valence-electron chi connectivity index (χ2n) is 6.93. The lowest BCUT2D eigenvalue weighted by Crippen LogP contribution is -2.57. The Labute approximate surface area is 128 Å². The molecule has 0 aromatic rings. The summed E-state index contributed by atoms with van der Waals surface area (Å²) in [6, 6.07) is 1.33. The van der Waals surface area contributed by atoms with Gasteiger partial charge in [0.25, 0.3) is 0 Å². The standard InChI is InChI=1S/C16H30N2OS/c1-17-15(14-12-20-10-8-18(14)2)13-5-9-19-16(11-13)6-3-4-7-16/h13-15,17H,3-12H2,1-2H3. The lowest BCUT2D eigenvalue weighted by molar-refractivity contribution is -0.101. The average Bonchev–Trinajstić information content (AvgIpc) is 2.90. The number of hydrogen-bond donors (Lipinski definition) is 1. The van der Waals surface area contributed by atoms with Gasteiger partial charge in [-0.25, -0.2) is 0 Å². The fourth-order valence-electron chi connectivity index (χ4n) is 4.57. The number of nitrogens with one attached hydrogen (secondary N) is 1. The van der Waals surface area contributed by atoms with E-state index in [9.17, 15) is 0 Å². The average molecular weight is 298 g/mol. The topological polar surface area (TPSA) is 24.5 Å². The Morgan fingerprint density at radius 1 is 1.35 bits per heavy atom. The van der Waals surface area contributed by atoms with E-state index in [0.717, 1.165) is 12.5 Å². The lowest BCUT2D eigenvalue weighted by atomic mass is 9.78. The highest BCUT2D eigenvalue weighted by Crippen LogP contribution is 2.43. The van der Waals surface area contributed by atoms with E-state index in [1.54, 1.807) is 0 Å². The highest BCUT2D eigenvalue weighted by atomic mass is 32.2. The second kappa shape index (κ2) is 6.55. The van der Waals surface area contributed by atoms with Crippen LogP contribution in [-0.2, 0) is 4.74 Å². The highest BCUT2D eigenvalue weighted by Gasteiger charge is 2.43. The van der Waals surface area contributed by atoms with E-state index in [1.807, 2.05) is 0 Å². The fourth-order valence-corrected chi connectivity index (χ4v) is 5.85. The summed E-state index contributed by atoms with van der Waals surface area (Å²) >= 11 is 2.13. The SMILES string of the molecule is CNC(C1CCOC2(CCCC2)C1)C1CSCCN1C. The molecule has 2 aliphatic heterocycles. The molecule has 1 spiro atoms. The quantitative estimate of drug-likeness (QED) is 0.864. The predicted molar refractivity (Wildman–Crippen MR) is 86.5 cm³/mol. The van der Waals surface area contributed by atoms with Crippen LogP contribution in [0, 0.1) is 5.92 Å². The van der Waals surface area contributed by atoms with E-state index < -0.39 is 0 Å². The van der Waals surface area contributed by atoms with Crippen LogP contribution in [0.3, 0.4) is 0 Å². The van der Waals surface area contributed by atoms with E-state index in [4.69, 9.17) is 4.74 Å². The van der Waals surface area contributed by atoms with Crippen molar-refractivity contribution >= 4 is 11.8 Å². The maximum atomic E-state index is 6.22. The van der Waals surface area contributed by atoms with Crippen LogP contribution in [0.1, 0.15) is 38.5 Å². The molecule has 1 N–H and O–H groups in total. The van der Waals surface area contributed by atoms with Gasteiger partial charge >= 0.3 is 0 Å². The van der Waals surface area contributed by atoms with Crippen LogP contribution in [0.4, 0.5) is 0 Å². The first-order valence-corrected chi connectivity index (χ1v) is 9.49. The van der Waals surface area contributed by atoms with Crippen molar-refractivity contribution in [1.82, 2.24) is 10.2 Å². The van der Waals surface area contributed by atoms with Crippen LogP contribution in [0.2, 0.25) is 0 Å². The summed E-state index contributed by atoms with van der Waals surface area (Å²) in [5.41, 5.74) is 0.248. The molecule has 3 unspecified atom stereocenters. The maximum Gasteiger partial charge on any atom is 0.0685 e. The molecular weight excluding hydrogens is 268 g/mol. The molecule has 2 heterocycles. The van der Waals surface area contributed by atoms with Gasteiger partial charge in [0, 0.05) is 36.7 Å². The first kappa shape index (κ1) is 15.1. The minimum Gasteiger partial charge on any atom is -0.375 e. The van der Waals surface area contributed by atoms with Gasteiger partial charge in [-0.2, -0.15) is 11.8 Å². The highest BCUT2D eigenvalue weighted by molar-refractivity contribution is 7.99. The molecule has 3 atom stereocenters. The molecule has 0 radical (unpaired) electrons.